The van der Waals surface area contributed by atoms with Gasteiger partial charge < -0.3 is 9.84 Å². The summed E-state index contributed by atoms with van der Waals surface area (Å²) in [6.45, 7) is 2.60. The first-order valence-electron chi connectivity index (χ1n) is 6.60. The molecular formula is C13H21NO4S2. The number of aliphatic hydroxyl groups excluding tert-OH is 1. The molecule has 1 fully saturated rings. The zero-order valence-electron chi connectivity index (χ0n) is 11.8. The van der Waals surface area contributed by atoms with E-state index >= 15 is 0 Å². The second-order valence-electron chi connectivity index (χ2n) is 5.40. The summed E-state index contributed by atoms with van der Waals surface area (Å²) in [5.74, 6) is 0. The van der Waals surface area contributed by atoms with Crippen molar-refractivity contribution in [2.24, 2.45) is 5.41 Å². The first kappa shape index (κ1) is 15.9. The number of hydrogen-bond donors (Lipinski definition) is 2. The molecule has 0 spiro atoms. The number of aliphatic hydroxyl groups is 1. The van der Waals surface area contributed by atoms with Crippen LogP contribution in [0, 0.1) is 12.3 Å². The maximum Gasteiger partial charge on any atom is 0.242 e. The molecule has 1 heterocycles. The number of ether oxygens (including phenoxy) is 1. The van der Waals surface area contributed by atoms with Crippen LogP contribution in [0.3, 0.4) is 0 Å². The quantitative estimate of drug-likeness (QED) is 0.764. The van der Waals surface area contributed by atoms with Crippen molar-refractivity contribution in [1.82, 2.24) is 4.72 Å². The van der Waals surface area contributed by atoms with Gasteiger partial charge in [-0.2, -0.15) is 0 Å². The van der Waals surface area contributed by atoms with Gasteiger partial charge in [0.25, 0.3) is 0 Å². The van der Waals surface area contributed by atoms with Crippen LogP contribution in [0.25, 0.3) is 0 Å². The second-order valence-corrected chi connectivity index (χ2v) is 8.06. The number of methoxy groups -OCH3 is 1. The van der Waals surface area contributed by atoms with Gasteiger partial charge >= 0.3 is 0 Å². The van der Waals surface area contributed by atoms with E-state index in [0.717, 1.165) is 19.3 Å². The van der Waals surface area contributed by atoms with Crippen LogP contribution in [0.1, 0.15) is 29.7 Å². The summed E-state index contributed by atoms with van der Waals surface area (Å²) >= 11 is 1.28. The highest BCUT2D eigenvalue weighted by Crippen LogP contribution is 2.48. The Morgan fingerprint density at radius 1 is 1.50 bits per heavy atom. The largest absolute Gasteiger partial charge is 0.391 e. The third-order valence-electron chi connectivity index (χ3n) is 3.83. The first-order chi connectivity index (χ1) is 9.44. The molecule has 1 aliphatic carbocycles. The highest BCUT2D eigenvalue weighted by molar-refractivity contribution is 7.89. The van der Waals surface area contributed by atoms with Gasteiger partial charge in [0, 0.05) is 20.3 Å². The molecule has 0 amide bonds. The third kappa shape index (κ3) is 3.40. The average Bonchev–Trinajstić information content (AvgIpc) is 3.09. The molecule has 114 valence electrons. The number of thiophene rings is 1. The molecule has 0 aliphatic heterocycles. The van der Waals surface area contributed by atoms with E-state index in [9.17, 15) is 13.5 Å². The Bertz CT molecular complexity index is 561. The van der Waals surface area contributed by atoms with Crippen LogP contribution in [0.2, 0.25) is 0 Å². The zero-order chi connectivity index (χ0) is 14.8. The van der Waals surface area contributed by atoms with Gasteiger partial charge in [0.1, 0.15) is 4.90 Å². The second kappa shape index (κ2) is 6.11. The van der Waals surface area contributed by atoms with Crippen LogP contribution >= 0.6 is 11.3 Å². The summed E-state index contributed by atoms with van der Waals surface area (Å²) in [6.07, 6.45) is 2.95. The number of nitrogens with one attached hydrogen (secondary N) is 1. The molecule has 1 aromatic heterocycles. The summed E-state index contributed by atoms with van der Waals surface area (Å²) in [6, 6.07) is 0. The average molecular weight is 319 g/mol. The van der Waals surface area contributed by atoms with E-state index in [1.54, 1.807) is 19.4 Å². The number of hydrogen-bond acceptors (Lipinski definition) is 5. The predicted molar refractivity (Wildman–Crippen MR) is 78.3 cm³/mol. The highest BCUT2D eigenvalue weighted by atomic mass is 32.2. The van der Waals surface area contributed by atoms with Crippen molar-refractivity contribution in [1.29, 1.82) is 0 Å². The van der Waals surface area contributed by atoms with Crippen molar-refractivity contribution in [2.45, 2.75) is 37.7 Å². The Hall–Kier alpha value is -0.470. The van der Waals surface area contributed by atoms with E-state index < -0.39 is 10.0 Å². The molecule has 2 N–H and O–H groups in total. The Morgan fingerprint density at radius 2 is 2.20 bits per heavy atom. The first-order valence-corrected chi connectivity index (χ1v) is 8.97. The normalized spacial score (nSPS) is 17.4. The van der Waals surface area contributed by atoms with Crippen LogP contribution in [0.4, 0.5) is 0 Å². The summed E-state index contributed by atoms with van der Waals surface area (Å²) < 4.78 is 32.6. The summed E-state index contributed by atoms with van der Waals surface area (Å²) in [5.41, 5.74) is 0.750. The molecule has 5 nitrogen and oxygen atoms in total. The molecule has 0 saturated heterocycles. The fraction of sp³-hybridized carbons (Fsp3) is 0.692. The monoisotopic (exact) mass is 319 g/mol. The van der Waals surface area contributed by atoms with E-state index in [0.29, 0.717) is 23.6 Å². The van der Waals surface area contributed by atoms with Gasteiger partial charge in [0.2, 0.25) is 10.0 Å². The van der Waals surface area contributed by atoms with Crippen molar-refractivity contribution in [2.75, 3.05) is 20.3 Å². The molecule has 20 heavy (non-hydrogen) atoms. The summed E-state index contributed by atoms with van der Waals surface area (Å²) in [7, 11) is -1.89. The molecule has 1 aliphatic rings. The van der Waals surface area contributed by atoms with E-state index in [2.05, 4.69) is 4.72 Å². The van der Waals surface area contributed by atoms with Crippen LogP contribution in [0.15, 0.2) is 10.3 Å². The van der Waals surface area contributed by atoms with Crippen LogP contribution in [-0.4, -0.2) is 33.8 Å². The van der Waals surface area contributed by atoms with E-state index in [1.165, 1.54) is 11.3 Å². The predicted octanol–water partition coefficient (Wildman–Crippen LogP) is 1.64. The summed E-state index contributed by atoms with van der Waals surface area (Å²) in [4.78, 5) is 0.740. The minimum Gasteiger partial charge on any atom is -0.391 e. The molecule has 2 rings (SSSR count). The van der Waals surface area contributed by atoms with Gasteiger partial charge in [0.05, 0.1) is 11.5 Å². The standard InChI is InChI=1S/C13H21NO4S2/c1-10-8-19-11(7-15)12(10)20(16,17)14-9-13(3-4-13)5-6-18-2/h8,14-15H,3-7,9H2,1-2H3. The molecule has 0 aromatic carbocycles. The molecule has 1 aromatic rings. The fourth-order valence-electron chi connectivity index (χ4n) is 2.29. The molecule has 0 atom stereocenters. The van der Waals surface area contributed by atoms with Gasteiger partial charge in [-0.05, 0) is 42.5 Å². The van der Waals surface area contributed by atoms with Crippen LogP contribution in [-0.2, 0) is 21.4 Å². The minimum atomic E-state index is -3.55. The lowest BCUT2D eigenvalue weighted by atomic mass is 10.0. The minimum absolute atomic E-state index is 0.0619. The molecule has 1 saturated carbocycles. The lowest BCUT2D eigenvalue weighted by Gasteiger charge is -2.16. The van der Waals surface area contributed by atoms with Gasteiger partial charge in [-0.1, -0.05) is 0 Å². The van der Waals surface area contributed by atoms with Gasteiger partial charge in [-0.25, -0.2) is 13.1 Å². The highest BCUT2D eigenvalue weighted by Gasteiger charge is 2.43. The Labute approximate surface area is 124 Å². The van der Waals surface area contributed by atoms with E-state index in [-0.39, 0.29) is 16.9 Å². The SMILES string of the molecule is COCCC1(CNS(=O)(=O)c2c(C)csc2CO)CC1. The van der Waals surface area contributed by atoms with Gasteiger partial charge in [-0.15, -0.1) is 11.3 Å². The van der Waals surface area contributed by atoms with Crippen LogP contribution < -0.4 is 4.72 Å². The molecular weight excluding hydrogens is 298 g/mol. The lowest BCUT2D eigenvalue weighted by Crippen LogP contribution is -2.31. The lowest BCUT2D eigenvalue weighted by molar-refractivity contribution is 0.173. The van der Waals surface area contributed by atoms with Crippen molar-refractivity contribution >= 4 is 21.4 Å². The molecule has 0 unspecified atom stereocenters. The zero-order valence-corrected chi connectivity index (χ0v) is 13.4. The molecule has 0 bridgehead atoms. The van der Waals surface area contributed by atoms with Crippen molar-refractivity contribution in [3.8, 4) is 0 Å². The Kier molecular flexibility index (Phi) is 4.86. The van der Waals surface area contributed by atoms with Crippen molar-refractivity contribution in [3.63, 3.8) is 0 Å². The Morgan fingerprint density at radius 3 is 2.75 bits per heavy atom. The maximum absolute atomic E-state index is 12.4. The van der Waals surface area contributed by atoms with E-state index in [1.807, 2.05) is 0 Å². The fourth-order valence-corrected chi connectivity index (χ4v) is 5.10. The van der Waals surface area contributed by atoms with Crippen molar-refractivity contribution < 1.29 is 18.3 Å². The van der Waals surface area contributed by atoms with Gasteiger partial charge in [0.15, 0.2) is 0 Å². The summed E-state index contributed by atoms with van der Waals surface area (Å²) in [5, 5.41) is 11.0. The van der Waals surface area contributed by atoms with Crippen LogP contribution in [0.5, 0.6) is 0 Å². The van der Waals surface area contributed by atoms with Gasteiger partial charge in [-0.3, -0.25) is 0 Å². The number of rotatable bonds is 8. The number of sulfonamides is 1. The molecule has 0 radical (unpaired) electrons. The van der Waals surface area contributed by atoms with Crippen molar-refractivity contribution in [3.05, 3.63) is 15.8 Å². The smallest absolute Gasteiger partial charge is 0.242 e. The topological polar surface area (TPSA) is 75.6 Å². The Balaban J connectivity index is 2.06. The van der Waals surface area contributed by atoms with E-state index in [4.69, 9.17) is 4.74 Å². The maximum atomic E-state index is 12.4. The third-order valence-corrected chi connectivity index (χ3v) is 6.68. The number of aryl methyl sites for hydroxylation is 1. The molecule has 7 heteroatoms.